The Bertz CT molecular complexity index is 452. The van der Waals surface area contributed by atoms with Gasteiger partial charge in [-0.25, -0.2) is 0 Å². The van der Waals surface area contributed by atoms with E-state index in [9.17, 15) is 0 Å². The average Bonchev–Trinajstić information content (AvgIpc) is 2.47. The predicted octanol–water partition coefficient (Wildman–Crippen LogP) is 2.54. The Morgan fingerprint density at radius 3 is 2.80 bits per heavy atom. The maximum Gasteiger partial charge on any atom is 0.170 e. The highest BCUT2D eigenvalue weighted by Gasteiger charge is 2.06. The van der Waals surface area contributed by atoms with Crippen LogP contribution in [0.2, 0.25) is 0 Å². The van der Waals surface area contributed by atoms with E-state index in [0.717, 1.165) is 17.9 Å². The van der Waals surface area contributed by atoms with Crippen molar-refractivity contribution < 1.29 is 14.2 Å². The number of nitrogens with one attached hydrogen (secondary N) is 2. The molecule has 0 amide bonds. The molecule has 1 aromatic carbocycles. The maximum absolute atomic E-state index is 5.27. The third kappa shape index (κ3) is 5.36. The van der Waals surface area contributed by atoms with Crippen molar-refractivity contribution in [3.8, 4) is 11.5 Å². The van der Waals surface area contributed by atoms with E-state index in [1.165, 1.54) is 6.26 Å². The molecule has 0 bridgehead atoms. The van der Waals surface area contributed by atoms with Gasteiger partial charge in [0, 0.05) is 12.6 Å². The molecule has 0 heterocycles. The summed E-state index contributed by atoms with van der Waals surface area (Å²) in [5.41, 5.74) is 0.756. The molecule has 0 spiro atoms. The van der Waals surface area contributed by atoms with Crippen LogP contribution in [0, 0.1) is 0 Å². The molecule has 0 aliphatic carbocycles. The average molecular weight is 296 g/mol. The fraction of sp³-hybridized carbons (Fsp3) is 0.357. The van der Waals surface area contributed by atoms with Crippen molar-refractivity contribution in [3.05, 3.63) is 31.0 Å². The summed E-state index contributed by atoms with van der Waals surface area (Å²) in [6.45, 7) is 4.81. The summed E-state index contributed by atoms with van der Waals surface area (Å²) in [5, 5.41) is 6.69. The highest BCUT2D eigenvalue weighted by Crippen LogP contribution is 2.28. The molecule has 0 fully saturated rings. The van der Waals surface area contributed by atoms with E-state index in [0.29, 0.717) is 24.0 Å². The zero-order valence-corrected chi connectivity index (χ0v) is 12.6. The fourth-order valence-corrected chi connectivity index (χ4v) is 1.73. The van der Waals surface area contributed by atoms with E-state index >= 15 is 0 Å². The van der Waals surface area contributed by atoms with Crippen LogP contribution in [-0.2, 0) is 4.74 Å². The minimum atomic E-state index is 0.523. The first-order valence-electron chi connectivity index (χ1n) is 6.20. The highest BCUT2D eigenvalue weighted by molar-refractivity contribution is 7.80. The second-order valence-corrected chi connectivity index (χ2v) is 4.25. The first kappa shape index (κ1) is 16.1. The number of hydrogen-bond acceptors (Lipinski definition) is 4. The molecule has 110 valence electrons. The van der Waals surface area contributed by atoms with Gasteiger partial charge in [-0.1, -0.05) is 6.58 Å². The Morgan fingerprint density at radius 1 is 1.35 bits per heavy atom. The molecule has 0 aliphatic rings. The summed E-state index contributed by atoms with van der Waals surface area (Å²) in [7, 11) is 3.22. The van der Waals surface area contributed by atoms with Gasteiger partial charge in [-0.15, -0.1) is 0 Å². The van der Waals surface area contributed by atoms with Gasteiger partial charge in [0.15, 0.2) is 5.11 Å². The van der Waals surface area contributed by atoms with Crippen molar-refractivity contribution in [1.29, 1.82) is 0 Å². The second-order valence-electron chi connectivity index (χ2n) is 3.84. The lowest BCUT2D eigenvalue weighted by molar-refractivity contribution is 0.247. The van der Waals surface area contributed by atoms with Gasteiger partial charge in [0.1, 0.15) is 11.5 Å². The lowest BCUT2D eigenvalue weighted by Crippen LogP contribution is -2.29. The standard InChI is InChI=1S/C14H20N2O3S/c1-4-19-9-5-8-15-14(20)16-12-10-11(17-2)6-7-13(12)18-3/h4,6-7,10H,1,5,8-9H2,2-3H3,(H2,15,16,20). The number of hydrogen-bond donors (Lipinski definition) is 2. The Morgan fingerprint density at radius 2 is 2.15 bits per heavy atom. The van der Waals surface area contributed by atoms with Crippen LogP contribution in [0.5, 0.6) is 11.5 Å². The van der Waals surface area contributed by atoms with Crippen LogP contribution in [-0.4, -0.2) is 32.5 Å². The molecule has 0 aromatic heterocycles. The smallest absolute Gasteiger partial charge is 0.170 e. The van der Waals surface area contributed by atoms with Crippen LogP contribution >= 0.6 is 12.2 Å². The van der Waals surface area contributed by atoms with Crippen molar-refractivity contribution in [1.82, 2.24) is 5.32 Å². The Hall–Kier alpha value is -1.95. The molecule has 0 radical (unpaired) electrons. The van der Waals surface area contributed by atoms with E-state index < -0.39 is 0 Å². The van der Waals surface area contributed by atoms with Crippen LogP contribution in [0.25, 0.3) is 0 Å². The summed E-state index contributed by atoms with van der Waals surface area (Å²) >= 11 is 5.22. The molecule has 0 atom stereocenters. The van der Waals surface area contributed by atoms with Gasteiger partial charge in [0.2, 0.25) is 0 Å². The van der Waals surface area contributed by atoms with Crippen LogP contribution in [0.1, 0.15) is 6.42 Å². The van der Waals surface area contributed by atoms with Gasteiger partial charge in [-0.3, -0.25) is 0 Å². The van der Waals surface area contributed by atoms with Gasteiger partial charge < -0.3 is 24.8 Å². The van der Waals surface area contributed by atoms with Crippen LogP contribution < -0.4 is 20.1 Å². The van der Waals surface area contributed by atoms with Crippen LogP contribution in [0.3, 0.4) is 0 Å². The third-order valence-electron chi connectivity index (χ3n) is 2.50. The Labute approximate surface area is 124 Å². The van der Waals surface area contributed by atoms with Crippen LogP contribution in [0.4, 0.5) is 5.69 Å². The van der Waals surface area contributed by atoms with E-state index in [1.54, 1.807) is 14.2 Å². The Balaban J connectivity index is 2.49. The maximum atomic E-state index is 5.27. The van der Waals surface area contributed by atoms with Gasteiger partial charge in [-0.05, 0) is 30.8 Å². The Kier molecular flexibility index (Phi) is 7.27. The molecule has 2 N–H and O–H groups in total. The molecule has 0 saturated carbocycles. The van der Waals surface area contributed by atoms with E-state index in [4.69, 9.17) is 26.4 Å². The zero-order valence-electron chi connectivity index (χ0n) is 11.8. The number of methoxy groups -OCH3 is 2. The minimum absolute atomic E-state index is 0.523. The number of rotatable bonds is 8. The molecular weight excluding hydrogens is 276 g/mol. The first-order valence-corrected chi connectivity index (χ1v) is 6.61. The van der Waals surface area contributed by atoms with Crippen LogP contribution in [0.15, 0.2) is 31.0 Å². The van der Waals surface area contributed by atoms with Crippen molar-refractivity contribution in [2.75, 3.05) is 32.7 Å². The zero-order chi connectivity index (χ0) is 14.8. The number of thiocarbonyl (C=S) groups is 1. The quantitative estimate of drug-likeness (QED) is 0.437. The van der Waals surface area contributed by atoms with Gasteiger partial charge in [0.25, 0.3) is 0 Å². The first-order chi connectivity index (χ1) is 9.71. The molecule has 5 nitrogen and oxygen atoms in total. The van der Waals surface area contributed by atoms with Gasteiger partial charge in [0.05, 0.1) is 32.8 Å². The van der Waals surface area contributed by atoms with Crippen molar-refractivity contribution in [3.63, 3.8) is 0 Å². The molecule has 1 aromatic rings. The minimum Gasteiger partial charge on any atom is -0.502 e. The molecule has 20 heavy (non-hydrogen) atoms. The topological polar surface area (TPSA) is 51.8 Å². The summed E-state index contributed by atoms with van der Waals surface area (Å²) in [6.07, 6.45) is 2.26. The molecule has 0 aliphatic heterocycles. The largest absolute Gasteiger partial charge is 0.502 e. The number of anilines is 1. The highest BCUT2D eigenvalue weighted by atomic mass is 32.1. The fourth-order valence-electron chi connectivity index (χ4n) is 1.52. The lowest BCUT2D eigenvalue weighted by atomic mass is 10.2. The molecule has 1 rings (SSSR count). The summed E-state index contributed by atoms with van der Waals surface area (Å²) in [4.78, 5) is 0. The molecule has 6 heteroatoms. The molecule has 0 unspecified atom stereocenters. The van der Waals surface area contributed by atoms with E-state index in [1.807, 2.05) is 18.2 Å². The predicted molar refractivity (Wildman–Crippen MR) is 84.5 cm³/mol. The lowest BCUT2D eigenvalue weighted by Gasteiger charge is -2.14. The third-order valence-corrected chi connectivity index (χ3v) is 2.74. The van der Waals surface area contributed by atoms with Crippen molar-refractivity contribution in [2.24, 2.45) is 0 Å². The molecular formula is C14H20N2O3S. The monoisotopic (exact) mass is 296 g/mol. The SMILES string of the molecule is C=COCCCNC(=S)Nc1cc(OC)ccc1OC. The number of ether oxygens (including phenoxy) is 3. The van der Waals surface area contributed by atoms with Crippen molar-refractivity contribution in [2.45, 2.75) is 6.42 Å². The summed E-state index contributed by atoms with van der Waals surface area (Å²) in [5.74, 6) is 1.43. The summed E-state index contributed by atoms with van der Waals surface area (Å²) in [6, 6.07) is 5.47. The van der Waals surface area contributed by atoms with Crippen molar-refractivity contribution >= 4 is 23.0 Å². The van der Waals surface area contributed by atoms with E-state index in [-0.39, 0.29) is 0 Å². The van der Waals surface area contributed by atoms with E-state index in [2.05, 4.69) is 17.2 Å². The normalized spacial score (nSPS) is 9.50. The summed E-state index contributed by atoms with van der Waals surface area (Å²) < 4.78 is 15.5. The second kappa shape index (κ2) is 9.03. The number of benzene rings is 1. The van der Waals surface area contributed by atoms with Gasteiger partial charge in [-0.2, -0.15) is 0 Å². The molecule has 0 saturated heterocycles. The van der Waals surface area contributed by atoms with Gasteiger partial charge >= 0.3 is 0 Å².